The highest BCUT2D eigenvalue weighted by atomic mass is 79.9. The molecule has 1 rings (SSSR count). The monoisotopic (exact) mass is 259 g/mol. The number of aryl methyl sites for hydroxylation is 1. The second kappa shape index (κ2) is 6.19. The van der Waals surface area contributed by atoms with Gasteiger partial charge in [0.1, 0.15) is 0 Å². The molecule has 0 radical (unpaired) electrons. The maximum absolute atomic E-state index is 4.22. The Labute approximate surface area is 94.2 Å². The van der Waals surface area contributed by atoms with Crippen molar-refractivity contribution >= 4 is 15.9 Å². The van der Waals surface area contributed by atoms with Gasteiger partial charge in [0.2, 0.25) is 0 Å². The summed E-state index contributed by atoms with van der Waals surface area (Å²) in [5, 5.41) is 4.22. The summed E-state index contributed by atoms with van der Waals surface area (Å²) in [5.74, 6) is 0. The molecule has 0 unspecified atom stereocenters. The molecule has 0 N–H and O–H groups in total. The summed E-state index contributed by atoms with van der Waals surface area (Å²) >= 11 is 3.39. The molecule has 0 saturated heterocycles. The van der Waals surface area contributed by atoms with Crippen LogP contribution in [0.15, 0.2) is 16.9 Å². The molecule has 0 atom stereocenters. The molecule has 0 fully saturated rings. The summed E-state index contributed by atoms with van der Waals surface area (Å²) in [6, 6.07) is 0. The van der Waals surface area contributed by atoms with Crippen LogP contribution in [0.1, 0.15) is 20.3 Å². The van der Waals surface area contributed by atoms with E-state index in [0.717, 1.165) is 37.1 Å². The number of nitrogens with zero attached hydrogens (tertiary/aromatic N) is 3. The molecule has 0 saturated carbocycles. The Morgan fingerprint density at radius 2 is 2.14 bits per heavy atom. The first-order valence-corrected chi connectivity index (χ1v) is 5.95. The summed E-state index contributed by atoms with van der Waals surface area (Å²) in [6.07, 6.45) is 5.01. The lowest BCUT2D eigenvalue weighted by molar-refractivity contribution is 0.291. The number of aromatic nitrogens is 2. The Morgan fingerprint density at radius 3 is 2.64 bits per heavy atom. The molecular formula is C10H18BrN3. The third-order valence-electron chi connectivity index (χ3n) is 2.36. The molecule has 0 amide bonds. The van der Waals surface area contributed by atoms with E-state index in [2.05, 4.69) is 39.8 Å². The molecule has 14 heavy (non-hydrogen) atoms. The minimum atomic E-state index is 1.00. The van der Waals surface area contributed by atoms with Gasteiger partial charge in [-0.05, 0) is 42.0 Å². The Balaban J connectivity index is 2.21. The highest BCUT2D eigenvalue weighted by Gasteiger charge is 1.99. The predicted octanol–water partition coefficient (Wildman–Crippen LogP) is 2.38. The van der Waals surface area contributed by atoms with Gasteiger partial charge in [-0.2, -0.15) is 5.10 Å². The highest BCUT2D eigenvalue weighted by molar-refractivity contribution is 9.10. The first kappa shape index (κ1) is 11.7. The van der Waals surface area contributed by atoms with Crippen molar-refractivity contribution in [1.82, 2.24) is 14.7 Å². The van der Waals surface area contributed by atoms with Crippen molar-refractivity contribution in [3.8, 4) is 0 Å². The average Bonchev–Trinajstić information content (AvgIpc) is 2.59. The zero-order chi connectivity index (χ0) is 10.4. The molecule has 0 spiro atoms. The van der Waals surface area contributed by atoms with Crippen LogP contribution in [0.4, 0.5) is 0 Å². The fourth-order valence-electron chi connectivity index (χ4n) is 1.46. The molecule has 0 aliphatic heterocycles. The maximum atomic E-state index is 4.22. The lowest BCUT2D eigenvalue weighted by Gasteiger charge is -2.17. The molecule has 1 aromatic rings. The number of rotatable bonds is 6. The summed E-state index contributed by atoms with van der Waals surface area (Å²) in [5.41, 5.74) is 0. The van der Waals surface area contributed by atoms with Crippen molar-refractivity contribution in [2.24, 2.45) is 0 Å². The van der Waals surface area contributed by atoms with Crippen molar-refractivity contribution in [2.75, 3.05) is 19.6 Å². The van der Waals surface area contributed by atoms with Gasteiger partial charge < -0.3 is 4.90 Å². The van der Waals surface area contributed by atoms with E-state index in [1.54, 1.807) is 0 Å². The summed E-state index contributed by atoms with van der Waals surface area (Å²) < 4.78 is 3.04. The predicted molar refractivity (Wildman–Crippen MR) is 62.3 cm³/mol. The van der Waals surface area contributed by atoms with E-state index in [1.165, 1.54) is 0 Å². The third kappa shape index (κ3) is 3.80. The molecule has 1 heterocycles. The SMILES string of the molecule is CCN(CC)CCCn1cc(Br)cn1. The van der Waals surface area contributed by atoms with E-state index in [9.17, 15) is 0 Å². The van der Waals surface area contributed by atoms with Gasteiger partial charge >= 0.3 is 0 Å². The normalized spacial score (nSPS) is 11.1. The second-order valence-electron chi connectivity index (χ2n) is 3.30. The van der Waals surface area contributed by atoms with Crippen LogP contribution in [-0.2, 0) is 6.54 Å². The van der Waals surface area contributed by atoms with Gasteiger partial charge in [-0.1, -0.05) is 13.8 Å². The van der Waals surface area contributed by atoms with Gasteiger partial charge in [0.25, 0.3) is 0 Å². The maximum Gasteiger partial charge on any atom is 0.0632 e. The highest BCUT2D eigenvalue weighted by Crippen LogP contribution is 2.06. The molecule has 1 aromatic heterocycles. The van der Waals surface area contributed by atoms with Gasteiger partial charge in [0, 0.05) is 12.7 Å². The molecule has 3 nitrogen and oxygen atoms in total. The van der Waals surface area contributed by atoms with E-state index in [4.69, 9.17) is 0 Å². The molecule has 0 bridgehead atoms. The lowest BCUT2D eigenvalue weighted by Crippen LogP contribution is -2.24. The quantitative estimate of drug-likeness (QED) is 0.783. The standard InChI is InChI=1S/C10H18BrN3/c1-3-13(4-2)6-5-7-14-9-10(11)8-12-14/h8-9H,3-7H2,1-2H3. The van der Waals surface area contributed by atoms with Crippen molar-refractivity contribution in [3.63, 3.8) is 0 Å². The van der Waals surface area contributed by atoms with Crippen molar-refractivity contribution in [1.29, 1.82) is 0 Å². The van der Waals surface area contributed by atoms with Crippen molar-refractivity contribution in [2.45, 2.75) is 26.8 Å². The summed E-state index contributed by atoms with van der Waals surface area (Å²) in [7, 11) is 0. The van der Waals surface area contributed by atoms with Gasteiger partial charge in [0.15, 0.2) is 0 Å². The fraction of sp³-hybridized carbons (Fsp3) is 0.700. The van der Waals surface area contributed by atoms with Crippen LogP contribution in [0.5, 0.6) is 0 Å². The summed E-state index contributed by atoms with van der Waals surface area (Å²) in [4.78, 5) is 2.43. The topological polar surface area (TPSA) is 21.1 Å². The Hall–Kier alpha value is -0.350. The molecule has 0 aliphatic rings. The molecule has 0 aromatic carbocycles. The average molecular weight is 260 g/mol. The minimum Gasteiger partial charge on any atom is -0.304 e. The first-order valence-electron chi connectivity index (χ1n) is 5.16. The molecular weight excluding hydrogens is 242 g/mol. The minimum absolute atomic E-state index is 1.00. The van der Waals surface area contributed by atoms with Crippen LogP contribution in [0.2, 0.25) is 0 Å². The molecule has 0 aliphatic carbocycles. The third-order valence-corrected chi connectivity index (χ3v) is 2.77. The summed E-state index contributed by atoms with van der Waals surface area (Å²) in [6.45, 7) is 8.84. The molecule has 80 valence electrons. The number of halogens is 1. The van der Waals surface area contributed by atoms with Crippen LogP contribution in [-0.4, -0.2) is 34.3 Å². The fourth-order valence-corrected chi connectivity index (χ4v) is 1.78. The van der Waals surface area contributed by atoms with E-state index in [0.29, 0.717) is 0 Å². The zero-order valence-electron chi connectivity index (χ0n) is 8.91. The Bertz CT molecular complexity index is 256. The van der Waals surface area contributed by atoms with Crippen LogP contribution in [0.3, 0.4) is 0 Å². The smallest absolute Gasteiger partial charge is 0.0632 e. The van der Waals surface area contributed by atoms with Gasteiger partial charge in [0.05, 0.1) is 10.7 Å². The van der Waals surface area contributed by atoms with Crippen LogP contribution in [0, 0.1) is 0 Å². The number of hydrogen-bond donors (Lipinski definition) is 0. The van der Waals surface area contributed by atoms with Gasteiger partial charge in [-0.15, -0.1) is 0 Å². The first-order chi connectivity index (χ1) is 6.76. The van der Waals surface area contributed by atoms with E-state index in [-0.39, 0.29) is 0 Å². The van der Waals surface area contributed by atoms with Crippen LogP contribution in [0.25, 0.3) is 0 Å². The van der Waals surface area contributed by atoms with Crippen molar-refractivity contribution < 1.29 is 0 Å². The Kier molecular flexibility index (Phi) is 5.19. The molecule has 4 heteroatoms. The van der Waals surface area contributed by atoms with Crippen LogP contribution >= 0.6 is 15.9 Å². The van der Waals surface area contributed by atoms with Crippen molar-refractivity contribution in [3.05, 3.63) is 16.9 Å². The number of hydrogen-bond acceptors (Lipinski definition) is 2. The van der Waals surface area contributed by atoms with Gasteiger partial charge in [-0.25, -0.2) is 0 Å². The van der Waals surface area contributed by atoms with E-state index >= 15 is 0 Å². The van der Waals surface area contributed by atoms with Gasteiger partial charge in [-0.3, -0.25) is 4.68 Å². The van der Waals surface area contributed by atoms with E-state index < -0.39 is 0 Å². The Morgan fingerprint density at radius 1 is 1.43 bits per heavy atom. The largest absolute Gasteiger partial charge is 0.304 e. The lowest BCUT2D eigenvalue weighted by atomic mass is 10.3. The van der Waals surface area contributed by atoms with E-state index in [1.807, 2.05) is 17.1 Å². The second-order valence-corrected chi connectivity index (χ2v) is 4.22. The van der Waals surface area contributed by atoms with Crippen LogP contribution < -0.4 is 0 Å². The zero-order valence-corrected chi connectivity index (χ0v) is 10.5.